The fourth-order valence-corrected chi connectivity index (χ4v) is 0.758. The zero-order chi connectivity index (χ0) is 8.91. The van der Waals surface area contributed by atoms with Crippen LogP contribution >= 0.6 is 0 Å². The van der Waals surface area contributed by atoms with Gasteiger partial charge in [-0.15, -0.1) is 0 Å². The Hall–Kier alpha value is -0.400. The van der Waals surface area contributed by atoms with Crippen LogP contribution in [0.15, 0.2) is 12.2 Å². The van der Waals surface area contributed by atoms with Crippen LogP contribution in [-0.4, -0.2) is 12.3 Å². The van der Waals surface area contributed by atoms with Crippen molar-refractivity contribution >= 4 is 0 Å². The van der Waals surface area contributed by atoms with Crippen molar-refractivity contribution in [3.63, 3.8) is 0 Å². The van der Waals surface area contributed by atoms with Gasteiger partial charge in [-0.25, -0.2) is 8.78 Å². The van der Waals surface area contributed by atoms with Crippen LogP contribution in [0.1, 0.15) is 27.2 Å². The summed E-state index contributed by atoms with van der Waals surface area (Å²) in [6.07, 6.45) is 3.59. The van der Waals surface area contributed by atoms with Gasteiger partial charge in [0.05, 0.1) is 0 Å². The van der Waals surface area contributed by atoms with Crippen LogP contribution in [0.3, 0.4) is 0 Å². The minimum atomic E-state index is -1.66. The molecule has 2 heteroatoms. The van der Waals surface area contributed by atoms with Crippen LogP contribution in [0, 0.1) is 5.92 Å². The molecule has 66 valence electrons. The van der Waals surface area contributed by atoms with E-state index in [1.807, 2.05) is 0 Å². The number of alkyl halides is 2. The maximum Gasteiger partial charge on any atom is 0.144 e. The molecule has 0 aliphatic carbocycles. The number of hydrogen-bond donors (Lipinski definition) is 0. The first-order valence-corrected chi connectivity index (χ1v) is 3.93. The van der Waals surface area contributed by atoms with Crippen molar-refractivity contribution < 1.29 is 8.78 Å². The summed E-state index contributed by atoms with van der Waals surface area (Å²) in [6, 6.07) is 0. The molecule has 0 bridgehead atoms. The standard InChI is InChI=1S/C9H16F2/c1-4-5-6-9(11,7-10)8(2)3/h4-5,8H,6-7H2,1-3H3/b5-4-. The molecule has 0 nitrogen and oxygen atoms in total. The lowest BCUT2D eigenvalue weighted by Gasteiger charge is -2.24. The zero-order valence-electron chi connectivity index (χ0n) is 7.40. The van der Waals surface area contributed by atoms with E-state index in [1.165, 1.54) is 0 Å². The van der Waals surface area contributed by atoms with Crippen LogP contribution in [0.5, 0.6) is 0 Å². The van der Waals surface area contributed by atoms with Gasteiger partial charge in [-0.1, -0.05) is 26.0 Å². The first-order valence-electron chi connectivity index (χ1n) is 3.93. The molecule has 11 heavy (non-hydrogen) atoms. The van der Waals surface area contributed by atoms with Gasteiger partial charge >= 0.3 is 0 Å². The number of rotatable bonds is 4. The molecule has 0 amide bonds. The third kappa shape index (κ3) is 3.00. The second kappa shape index (κ2) is 4.47. The molecular formula is C9H16F2. The molecule has 0 aliphatic rings. The fourth-order valence-electron chi connectivity index (χ4n) is 0.758. The molecule has 0 fully saturated rings. The highest BCUT2D eigenvalue weighted by molar-refractivity contribution is 4.92. The first-order chi connectivity index (χ1) is 5.06. The lowest BCUT2D eigenvalue weighted by atomic mass is 9.90. The Balaban J connectivity index is 4.10. The molecule has 0 aromatic heterocycles. The molecule has 0 aliphatic heterocycles. The van der Waals surface area contributed by atoms with E-state index in [4.69, 9.17) is 0 Å². The predicted octanol–water partition coefficient (Wildman–Crippen LogP) is 3.29. The highest BCUT2D eigenvalue weighted by Gasteiger charge is 2.32. The van der Waals surface area contributed by atoms with Crippen molar-refractivity contribution in [2.24, 2.45) is 5.92 Å². The van der Waals surface area contributed by atoms with E-state index in [0.29, 0.717) is 0 Å². The lowest BCUT2D eigenvalue weighted by molar-refractivity contribution is 0.0702. The third-order valence-electron chi connectivity index (χ3n) is 1.95. The molecule has 0 N–H and O–H groups in total. The summed E-state index contributed by atoms with van der Waals surface area (Å²) in [5, 5.41) is 0. The Morgan fingerprint density at radius 1 is 1.45 bits per heavy atom. The van der Waals surface area contributed by atoms with Gasteiger partial charge in [0.25, 0.3) is 0 Å². The van der Waals surface area contributed by atoms with Crippen molar-refractivity contribution in [2.45, 2.75) is 32.9 Å². The molecule has 0 aromatic rings. The highest BCUT2D eigenvalue weighted by atomic mass is 19.2. The molecule has 0 aromatic carbocycles. The predicted molar refractivity (Wildman–Crippen MR) is 44.1 cm³/mol. The number of halogens is 2. The average Bonchev–Trinajstić information content (AvgIpc) is 2.00. The first kappa shape index (κ1) is 10.6. The lowest BCUT2D eigenvalue weighted by Crippen LogP contribution is -2.31. The van der Waals surface area contributed by atoms with E-state index in [1.54, 1.807) is 32.9 Å². The summed E-state index contributed by atoms with van der Waals surface area (Å²) in [6.45, 7) is 4.31. The van der Waals surface area contributed by atoms with Crippen LogP contribution in [0.25, 0.3) is 0 Å². The van der Waals surface area contributed by atoms with Crippen molar-refractivity contribution in [3.8, 4) is 0 Å². The molecule has 0 saturated carbocycles. The van der Waals surface area contributed by atoms with Gasteiger partial charge in [0.1, 0.15) is 12.3 Å². The van der Waals surface area contributed by atoms with Crippen LogP contribution < -0.4 is 0 Å². The Morgan fingerprint density at radius 3 is 2.27 bits per heavy atom. The van der Waals surface area contributed by atoms with Gasteiger partial charge in [0, 0.05) is 6.42 Å². The van der Waals surface area contributed by atoms with E-state index in [0.717, 1.165) is 0 Å². The van der Waals surface area contributed by atoms with Crippen LogP contribution in [0.2, 0.25) is 0 Å². The van der Waals surface area contributed by atoms with Crippen molar-refractivity contribution in [2.75, 3.05) is 6.67 Å². The summed E-state index contributed by atoms with van der Waals surface area (Å²) in [7, 11) is 0. The molecule has 0 heterocycles. The van der Waals surface area contributed by atoms with Gasteiger partial charge < -0.3 is 0 Å². The summed E-state index contributed by atoms with van der Waals surface area (Å²) in [5.74, 6) is -0.260. The monoisotopic (exact) mass is 162 g/mol. The minimum absolute atomic E-state index is 0.178. The topological polar surface area (TPSA) is 0 Å². The normalized spacial score (nSPS) is 17.6. The van der Waals surface area contributed by atoms with Crippen LogP contribution in [0.4, 0.5) is 8.78 Å². The summed E-state index contributed by atoms with van der Waals surface area (Å²) < 4.78 is 25.6. The maximum absolute atomic E-state index is 13.4. The third-order valence-corrected chi connectivity index (χ3v) is 1.95. The molecular weight excluding hydrogens is 146 g/mol. The molecule has 1 unspecified atom stereocenters. The van der Waals surface area contributed by atoms with Crippen molar-refractivity contribution in [3.05, 3.63) is 12.2 Å². The van der Waals surface area contributed by atoms with Gasteiger partial charge in [0.15, 0.2) is 0 Å². The van der Waals surface area contributed by atoms with Gasteiger partial charge in [-0.2, -0.15) is 0 Å². The second-order valence-corrected chi connectivity index (χ2v) is 3.10. The van der Waals surface area contributed by atoms with E-state index >= 15 is 0 Å². The summed E-state index contributed by atoms with van der Waals surface area (Å²) in [5.41, 5.74) is -1.66. The maximum atomic E-state index is 13.4. The molecule has 0 saturated heterocycles. The van der Waals surface area contributed by atoms with Gasteiger partial charge in [-0.3, -0.25) is 0 Å². The Kier molecular flexibility index (Phi) is 4.31. The van der Waals surface area contributed by atoms with E-state index < -0.39 is 12.3 Å². The van der Waals surface area contributed by atoms with Crippen LogP contribution in [-0.2, 0) is 0 Å². The second-order valence-electron chi connectivity index (χ2n) is 3.10. The Labute approximate surface area is 67.3 Å². The number of hydrogen-bond acceptors (Lipinski definition) is 0. The number of allylic oxidation sites excluding steroid dienone is 2. The summed E-state index contributed by atoms with van der Waals surface area (Å²) in [4.78, 5) is 0. The molecule has 1 atom stereocenters. The van der Waals surface area contributed by atoms with E-state index in [2.05, 4.69) is 0 Å². The fraction of sp³-hybridized carbons (Fsp3) is 0.778. The van der Waals surface area contributed by atoms with E-state index in [-0.39, 0.29) is 12.3 Å². The molecule has 0 rings (SSSR count). The largest absolute Gasteiger partial charge is 0.248 e. The quantitative estimate of drug-likeness (QED) is 0.556. The van der Waals surface area contributed by atoms with Crippen molar-refractivity contribution in [1.29, 1.82) is 0 Å². The minimum Gasteiger partial charge on any atom is -0.248 e. The molecule has 0 spiro atoms. The van der Waals surface area contributed by atoms with Gasteiger partial charge in [0.2, 0.25) is 0 Å². The Bertz CT molecular complexity index is 130. The van der Waals surface area contributed by atoms with Crippen molar-refractivity contribution in [1.82, 2.24) is 0 Å². The van der Waals surface area contributed by atoms with Gasteiger partial charge in [-0.05, 0) is 12.8 Å². The summed E-state index contributed by atoms with van der Waals surface area (Å²) >= 11 is 0. The highest BCUT2D eigenvalue weighted by Crippen LogP contribution is 2.27. The zero-order valence-corrected chi connectivity index (χ0v) is 7.40. The average molecular weight is 162 g/mol. The molecule has 0 radical (unpaired) electrons. The van der Waals surface area contributed by atoms with E-state index in [9.17, 15) is 8.78 Å². The Morgan fingerprint density at radius 2 is 2.00 bits per heavy atom. The SMILES string of the molecule is C/C=C\CC(F)(CF)C(C)C. The smallest absolute Gasteiger partial charge is 0.144 e.